The summed E-state index contributed by atoms with van der Waals surface area (Å²) >= 11 is 6.90. The Bertz CT molecular complexity index is 2040. The molecule has 3 aliphatic rings. The number of pyridine rings is 1. The van der Waals surface area contributed by atoms with Crippen LogP contribution in [0.4, 0.5) is 0 Å². The molecule has 1 N–H and O–H groups in total. The molecule has 0 spiro atoms. The van der Waals surface area contributed by atoms with E-state index in [0.29, 0.717) is 35.2 Å². The number of aliphatic hydroxyl groups is 1. The molecule has 1 aromatic heterocycles. The van der Waals surface area contributed by atoms with Crippen molar-refractivity contribution in [2.24, 2.45) is 0 Å². The van der Waals surface area contributed by atoms with Crippen LogP contribution in [0, 0.1) is 18.3 Å². The fraction of sp³-hybridized carbons (Fsp3) is 0.419. The highest BCUT2D eigenvalue weighted by atomic mass is 35.5. The molecule has 0 amide bonds. The number of ether oxygens (including phenoxy) is 5. The monoisotopic (exact) mass is 766 g/mol. The molecule has 0 radical (unpaired) electrons. The third-order valence-corrected chi connectivity index (χ3v) is 11.0. The molecular formula is C43H47ClN4O7. The molecule has 288 valence electrons. The highest BCUT2D eigenvalue weighted by molar-refractivity contribution is 6.32. The maximum Gasteiger partial charge on any atom is 0.323 e. The van der Waals surface area contributed by atoms with Gasteiger partial charge >= 0.3 is 5.97 Å². The fourth-order valence-corrected chi connectivity index (χ4v) is 7.85. The zero-order valence-corrected chi connectivity index (χ0v) is 32.1. The lowest BCUT2D eigenvalue weighted by atomic mass is 9.96. The number of aliphatic hydroxyl groups excluding tert-OH is 1. The number of fused-ring (bicyclic) bond motifs is 1. The van der Waals surface area contributed by atoms with E-state index in [9.17, 15) is 15.2 Å². The topological polar surface area (TPSA) is 127 Å². The maximum absolute atomic E-state index is 12.7. The Hall–Kier alpha value is -4.86. The minimum Gasteiger partial charge on any atom is -0.488 e. The van der Waals surface area contributed by atoms with Crippen LogP contribution in [0.2, 0.25) is 5.02 Å². The van der Waals surface area contributed by atoms with E-state index < -0.39 is 0 Å². The summed E-state index contributed by atoms with van der Waals surface area (Å²) in [5, 5.41) is 19.7. The smallest absolute Gasteiger partial charge is 0.323 e. The first-order valence-corrected chi connectivity index (χ1v) is 19.3. The van der Waals surface area contributed by atoms with Gasteiger partial charge < -0.3 is 33.7 Å². The minimum absolute atomic E-state index is 0.0557. The van der Waals surface area contributed by atoms with E-state index in [0.717, 1.165) is 103 Å². The molecule has 0 saturated carbocycles. The Morgan fingerprint density at radius 1 is 1.02 bits per heavy atom. The second-order valence-corrected chi connectivity index (χ2v) is 14.9. The first-order valence-electron chi connectivity index (χ1n) is 18.9. The minimum atomic E-state index is -0.348. The predicted molar refractivity (Wildman–Crippen MR) is 207 cm³/mol. The molecule has 55 heavy (non-hydrogen) atoms. The van der Waals surface area contributed by atoms with Gasteiger partial charge in [-0.05, 0) is 79.3 Å². The fourth-order valence-electron chi connectivity index (χ4n) is 7.61. The Morgan fingerprint density at radius 2 is 1.89 bits per heavy atom. The summed E-state index contributed by atoms with van der Waals surface area (Å²) in [5.41, 5.74) is 6.14. The van der Waals surface area contributed by atoms with Crippen molar-refractivity contribution in [3.63, 3.8) is 0 Å². The summed E-state index contributed by atoms with van der Waals surface area (Å²) in [6, 6.07) is 19.4. The van der Waals surface area contributed by atoms with Crippen molar-refractivity contribution in [1.29, 1.82) is 5.26 Å². The van der Waals surface area contributed by atoms with Gasteiger partial charge in [0.25, 0.3) is 0 Å². The largest absolute Gasteiger partial charge is 0.488 e. The first-order chi connectivity index (χ1) is 26.8. The normalized spacial score (nSPS) is 19.8. The average molecular weight is 767 g/mol. The lowest BCUT2D eigenvalue weighted by Gasteiger charge is -2.34. The quantitative estimate of drug-likeness (QED) is 0.143. The van der Waals surface area contributed by atoms with Crippen LogP contribution in [-0.4, -0.2) is 84.0 Å². The number of methoxy groups -OCH3 is 1. The number of aromatic nitrogens is 1. The van der Waals surface area contributed by atoms with E-state index in [4.69, 9.17) is 35.3 Å². The average Bonchev–Trinajstić information content (AvgIpc) is 3.64. The summed E-state index contributed by atoms with van der Waals surface area (Å²) in [6.07, 6.45) is 7.20. The van der Waals surface area contributed by atoms with Crippen molar-refractivity contribution in [3.8, 4) is 40.2 Å². The zero-order valence-electron chi connectivity index (χ0n) is 31.3. The molecule has 3 aromatic carbocycles. The number of likely N-dealkylation sites (tertiary alicyclic amines) is 2. The molecule has 4 heterocycles. The van der Waals surface area contributed by atoms with E-state index in [1.807, 2.05) is 30.3 Å². The molecule has 7 rings (SSSR count). The van der Waals surface area contributed by atoms with Crippen LogP contribution >= 0.6 is 11.6 Å². The SMILES string of the molecule is COC(=O)[C@@H]1CCCCN1Cc1cc(Cl)c(OCc2cccc(-c3ccc4c(c3)OC(CCN3CC[C@@H](O)C3)CO4)c2C)cc1OCc1cncc(C#N)c1. The number of β-amino-alcohol motifs (C(OH)–C–C–N with tert-alkyl or cyclic N) is 1. The van der Waals surface area contributed by atoms with E-state index in [1.165, 1.54) is 13.3 Å². The van der Waals surface area contributed by atoms with E-state index >= 15 is 0 Å². The molecule has 1 unspecified atom stereocenters. The van der Waals surface area contributed by atoms with Crippen molar-refractivity contribution in [2.45, 2.75) is 77.0 Å². The number of benzene rings is 3. The number of halogens is 1. The highest BCUT2D eigenvalue weighted by Gasteiger charge is 2.31. The molecule has 0 aliphatic carbocycles. The Kier molecular flexibility index (Phi) is 12.4. The van der Waals surface area contributed by atoms with Gasteiger partial charge in [0.15, 0.2) is 11.5 Å². The Labute approximate surface area is 327 Å². The molecule has 4 aromatic rings. The Morgan fingerprint density at radius 3 is 2.71 bits per heavy atom. The van der Waals surface area contributed by atoms with Gasteiger partial charge in [-0.15, -0.1) is 0 Å². The second kappa shape index (κ2) is 17.7. The van der Waals surface area contributed by atoms with Crippen LogP contribution in [-0.2, 0) is 29.3 Å². The summed E-state index contributed by atoms with van der Waals surface area (Å²) < 4.78 is 30.4. The van der Waals surface area contributed by atoms with Crippen LogP contribution in [0.5, 0.6) is 23.0 Å². The van der Waals surface area contributed by atoms with Crippen LogP contribution in [0.1, 0.15) is 59.9 Å². The third-order valence-electron chi connectivity index (χ3n) is 10.7. The summed E-state index contributed by atoms with van der Waals surface area (Å²) in [4.78, 5) is 21.2. The number of nitrogens with zero attached hydrogens (tertiary/aromatic N) is 4. The van der Waals surface area contributed by atoms with Gasteiger partial charge in [0.1, 0.15) is 49.5 Å². The van der Waals surface area contributed by atoms with Crippen molar-refractivity contribution in [3.05, 3.63) is 99.8 Å². The van der Waals surface area contributed by atoms with Crippen LogP contribution in [0.3, 0.4) is 0 Å². The lowest BCUT2D eigenvalue weighted by molar-refractivity contribution is -0.148. The summed E-state index contributed by atoms with van der Waals surface area (Å²) in [5.74, 6) is 2.24. The number of piperidine rings is 1. The first kappa shape index (κ1) is 38.4. The molecule has 2 saturated heterocycles. The zero-order chi connectivity index (χ0) is 38.3. The molecule has 3 atom stereocenters. The van der Waals surface area contributed by atoms with E-state index in [2.05, 4.69) is 39.9 Å². The number of rotatable bonds is 13. The van der Waals surface area contributed by atoms with Crippen LogP contribution in [0.25, 0.3) is 11.1 Å². The van der Waals surface area contributed by atoms with Gasteiger partial charge in [-0.25, -0.2) is 0 Å². The number of hydrogen-bond donors (Lipinski definition) is 1. The van der Waals surface area contributed by atoms with Gasteiger partial charge in [0.2, 0.25) is 0 Å². The molecule has 0 bridgehead atoms. The van der Waals surface area contributed by atoms with Crippen molar-refractivity contribution >= 4 is 17.6 Å². The van der Waals surface area contributed by atoms with E-state index in [1.54, 1.807) is 18.3 Å². The molecule has 2 fully saturated rings. The van der Waals surface area contributed by atoms with Gasteiger partial charge in [-0.2, -0.15) is 5.26 Å². The second-order valence-electron chi connectivity index (χ2n) is 14.5. The number of nitriles is 1. The van der Waals surface area contributed by atoms with Crippen LogP contribution < -0.4 is 18.9 Å². The van der Waals surface area contributed by atoms with Crippen molar-refractivity contribution in [1.82, 2.24) is 14.8 Å². The highest BCUT2D eigenvalue weighted by Crippen LogP contribution is 2.39. The van der Waals surface area contributed by atoms with Gasteiger partial charge in [0, 0.05) is 62.2 Å². The number of carbonyl (C=O) groups is 1. The predicted octanol–water partition coefficient (Wildman–Crippen LogP) is 6.86. The molecular weight excluding hydrogens is 720 g/mol. The summed E-state index contributed by atoms with van der Waals surface area (Å²) in [7, 11) is 1.42. The summed E-state index contributed by atoms with van der Waals surface area (Å²) in [6.45, 7) is 6.70. The van der Waals surface area contributed by atoms with Gasteiger partial charge in [-0.3, -0.25) is 14.7 Å². The lowest BCUT2D eigenvalue weighted by Crippen LogP contribution is -2.44. The molecule has 11 nitrogen and oxygen atoms in total. The van der Waals surface area contributed by atoms with Gasteiger partial charge in [0.05, 0.1) is 23.8 Å². The van der Waals surface area contributed by atoms with Gasteiger partial charge in [-0.1, -0.05) is 42.3 Å². The van der Waals surface area contributed by atoms with Crippen molar-refractivity contribution in [2.75, 3.05) is 39.9 Å². The number of esters is 1. The molecule has 3 aliphatic heterocycles. The molecule has 12 heteroatoms. The third kappa shape index (κ3) is 9.34. The maximum atomic E-state index is 12.7. The van der Waals surface area contributed by atoms with Crippen LogP contribution in [0.15, 0.2) is 67.0 Å². The standard InChI is InChI=1S/C43H47ClN4O7/c1-28-32(6-5-7-36(28)31-9-10-39-42(18-31)55-35(27-54-39)12-15-47-14-11-34(49)24-47)26-53-41-19-40(52-25-30-16-29(20-45)21-46-22-30)33(17-37(41)44)23-48-13-4-3-8-38(48)43(50)51-2/h5-7,9-10,16-19,21-22,34-35,38,49H,3-4,8,11-15,23-27H2,1-2H3/t34-,35?,38+/m1/s1. The number of hydrogen-bond acceptors (Lipinski definition) is 11. The van der Waals surface area contributed by atoms with Crippen molar-refractivity contribution < 1.29 is 33.6 Å². The van der Waals surface area contributed by atoms with E-state index in [-0.39, 0.29) is 37.4 Å². The number of carbonyl (C=O) groups excluding carboxylic acids is 1. The Balaban J connectivity index is 1.08.